The van der Waals surface area contributed by atoms with E-state index in [1.54, 1.807) is 4.68 Å². The van der Waals surface area contributed by atoms with Crippen molar-refractivity contribution in [1.82, 2.24) is 24.5 Å². The van der Waals surface area contributed by atoms with Gasteiger partial charge in [-0.05, 0) is 56.5 Å². The summed E-state index contributed by atoms with van der Waals surface area (Å²) >= 11 is 6.67. The van der Waals surface area contributed by atoms with E-state index < -0.39 is 0 Å². The summed E-state index contributed by atoms with van der Waals surface area (Å²) in [5, 5.41) is 10.7. The maximum absolute atomic E-state index is 6.67. The van der Waals surface area contributed by atoms with Crippen molar-refractivity contribution in [2.45, 2.75) is 31.2 Å². The Morgan fingerprint density at radius 3 is 2.56 bits per heavy atom. The normalized spacial score (nSPS) is 20.9. The lowest BCUT2D eigenvalue weighted by Gasteiger charge is -2.50. The van der Waals surface area contributed by atoms with Crippen LogP contribution >= 0.6 is 11.6 Å². The number of fused-ring (bicyclic) bond motifs is 1. The number of hydrogen-bond acceptors (Lipinski definition) is 4. The van der Waals surface area contributed by atoms with Gasteiger partial charge in [-0.15, -0.1) is 0 Å². The van der Waals surface area contributed by atoms with Crippen LogP contribution < -0.4 is 0 Å². The number of nitrogens with zero attached hydrogens (tertiary/aromatic N) is 5. The third-order valence-corrected chi connectivity index (χ3v) is 6.47. The van der Waals surface area contributed by atoms with E-state index in [2.05, 4.69) is 34.2 Å². The van der Waals surface area contributed by atoms with Gasteiger partial charge in [-0.3, -0.25) is 9.58 Å². The highest BCUT2D eigenvalue weighted by Crippen LogP contribution is 2.38. The van der Waals surface area contributed by atoms with Crippen LogP contribution in [0, 0.1) is 0 Å². The average Bonchev–Trinajstić information content (AvgIpc) is 3.24. The molecule has 6 nitrogen and oxygen atoms in total. The van der Waals surface area contributed by atoms with Crippen molar-refractivity contribution in [3.05, 3.63) is 41.3 Å². The van der Waals surface area contributed by atoms with Crippen LogP contribution in [0.4, 0.5) is 0 Å². The van der Waals surface area contributed by atoms with Gasteiger partial charge in [0.25, 0.3) is 0 Å². The third-order valence-electron chi connectivity index (χ3n) is 6.15. The van der Waals surface area contributed by atoms with Crippen LogP contribution in [-0.4, -0.2) is 56.3 Å². The molecule has 0 bridgehead atoms. The van der Waals surface area contributed by atoms with Crippen molar-refractivity contribution in [2.75, 3.05) is 26.3 Å². The van der Waals surface area contributed by atoms with Gasteiger partial charge < -0.3 is 4.74 Å². The molecule has 5 rings (SSSR count). The molecular weight excluding hydrogens is 362 g/mol. The summed E-state index contributed by atoms with van der Waals surface area (Å²) in [6, 6.07) is 4.28. The first-order valence-corrected chi connectivity index (χ1v) is 9.90. The molecule has 0 spiro atoms. The highest BCUT2D eigenvalue weighted by Gasteiger charge is 2.41. The molecule has 2 saturated heterocycles. The molecule has 27 heavy (non-hydrogen) atoms. The van der Waals surface area contributed by atoms with E-state index in [9.17, 15) is 0 Å². The van der Waals surface area contributed by atoms with E-state index in [0.29, 0.717) is 5.92 Å². The zero-order chi connectivity index (χ0) is 18.6. The Hall–Kier alpha value is -1.89. The molecule has 4 heterocycles. The molecule has 2 aliphatic heterocycles. The Labute approximate surface area is 163 Å². The van der Waals surface area contributed by atoms with Gasteiger partial charge in [0.05, 0.1) is 42.9 Å². The quantitative estimate of drug-likeness (QED) is 0.693. The summed E-state index contributed by atoms with van der Waals surface area (Å²) in [7, 11) is 1.92. The molecule has 1 aromatic carbocycles. The number of likely N-dealkylation sites (tertiary alicyclic amines) is 1. The van der Waals surface area contributed by atoms with Crippen LogP contribution in [0.3, 0.4) is 0 Å². The van der Waals surface area contributed by atoms with E-state index in [1.807, 2.05) is 30.3 Å². The molecule has 2 aliphatic rings. The van der Waals surface area contributed by atoms with E-state index in [1.165, 1.54) is 5.56 Å². The van der Waals surface area contributed by atoms with Gasteiger partial charge in [0, 0.05) is 17.5 Å². The number of piperidine rings is 1. The molecule has 7 heteroatoms. The number of hydrogen-bond donors (Lipinski definition) is 0. The Bertz CT molecular complexity index is 982. The summed E-state index contributed by atoms with van der Waals surface area (Å²) < 4.78 is 9.18. The standard InChI is InChI=1S/C20H24ClN5O/c1-20(12-27-13-20)25-5-3-14(4-6-25)17-8-19-15(7-18(17)21)9-23-26(19)16-10-22-24(2)11-16/h7-11,14H,3-6,12-13H2,1-2H3. The number of rotatable bonds is 3. The molecule has 0 saturated carbocycles. The fourth-order valence-electron chi connectivity index (χ4n) is 4.41. The number of halogens is 1. The number of aromatic nitrogens is 4. The molecule has 142 valence electrons. The first kappa shape index (κ1) is 17.2. The Kier molecular flexibility index (Phi) is 4.04. The van der Waals surface area contributed by atoms with Crippen molar-refractivity contribution < 1.29 is 4.74 Å². The monoisotopic (exact) mass is 385 g/mol. The van der Waals surface area contributed by atoms with Crippen molar-refractivity contribution in [1.29, 1.82) is 0 Å². The first-order chi connectivity index (χ1) is 13.0. The van der Waals surface area contributed by atoms with Gasteiger partial charge in [-0.25, -0.2) is 4.68 Å². The van der Waals surface area contributed by atoms with Crippen LogP contribution in [-0.2, 0) is 11.8 Å². The first-order valence-electron chi connectivity index (χ1n) is 9.52. The van der Waals surface area contributed by atoms with Gasteiger partial charge >= 0.3 is 0 Å². The minimum atomic E-state index is 0.234. The lowest BCUT2D eigenvalue weighted by molar-refractivity contribution is -0.136. The van der Waals surface area contributed by atoms with Crippen molar-refractivity contribution >= 4 is 22.5 Å². The highest BCUT2D eigenvalue weighted by molar-refractivity contribution is 6.32. The second-order valence-electron chi connectivity index (χ2n) is 8.11. The predicted molar refractivity (Wildman–Crippen MR) is 106 cm³/mol. The van der Waals surface area contributed by atoms with Gasteiger partial charge in [0.2, 0.25) is 0 Å². The third kappa shape index (κ3) is 2.87. The Morgan fingerprint density at radius 1 is 1.15 bits per heavy atom. The van der Waals surface area contributed by atoms with Crippen molar-refractivity contribution in [2.24, 2.45) is 7.05 Å². The zero-order valence-corrected chi connectivity index (χ0v) is 16.5. The van der Waals surface area contributed by atoms with Crippen LogP contribution in [0.5, 0.6) is 0 Å². The van der Waals surface area contributed by atoms with E-state index in [0.717, 1.165) is 60.8 Å². The zero-order valence-electron chi connectivity index (χ0n) is 15.7. The van der Waals surface area contributed by atoms with Crippen LogP contribution in [0.1, 0.15) is 31.2 Å². The number of ether oxygens (including phenoxy) is 1. The average molecular weight is 386 g/mol. The maximum Gasteiger partial charge on any atom is 0.103 e. The Balaban J connectivity index is 1.44. The summed E-state index contributed by atoms with van der Waals surface area (Å²) in [6.45, 7) is 6.22. The SMILES string of the molecule is Cn1cc(-n2ncc3cc(Cl)c(C4CCN(C5(C)COC5)CC4)cc32)cn1. The lowest BCUT2D eigenvalue weighted by atomic mass is 9.86. The van der Waals surface area contributed by atoms with Gasteiger partial charge in [-0.2, -0.15) is 10.2 Å². The van der Waals surface area contributed by atoms with E-state index in [4.69, 9.17) is 16.3 Å². The largest absolute Gasteiger partial charge is 0.377 e. The number of aryl methyl sites for hydroxylation is 1. The van der Waals surface area contributed by atoms with Crippen LogP contribution in [0.15, 0.2) is 30.7 Å². The molecule has 0 atom stereocenters. The van der Waals surface area contributed by atoms with Crippen LogP contribution in [0.2, 0.25) is 5.02 Å². The van der Waals surface area contributed by atoms with Crippen LogP contribution in [0.25, 0.3) is 16.6 Å². The molecule has 0 aliphatic carbocycles. The van der Waals surface area contributed by atoms with Crippen molar-refractivity contribution in [3.8, 4) is 5.69 Å². The van der Waals surface area contributed by atoms with Crippen molar-refractivity contribution in [3.63, 3.8) is 0 Å². The molecule has 0 radical (unpaired) electrons. The maximum atomic E-state index is 6.67. The molecule has 2 fully saturated rings. The molecule has 2 aromatic heterocycles. The Morgan fingerprint density at radius 2 is 1.93 bits per heavy atom. The van der Waals surface area contributed by atoms with Gasteiger partial charge in [0.1, 0.15) is 5.69 Å². The highest BCUT2D eigenvalue weighted by atomic mass is 35.5. The molecule has 0 amide bonds. The van der Waals surface area contributed by atoms with E-state index >= 15 is 0 Å². The summed E-state index contributed by atoms with van der Waals surface area (Å²) in [6.07, 6.45) is 7.93. The number of benzene rings is 1. The van der Waals surface area contributed by atoms with Gasteiger partial charge in [0.15, 0.2) is 0 Å². The minimum absolute atomic E-state index is 0.234. The fourth-order valence-corrected chi connectivity index (χ4v) is 4.74. The second-order valence-corrected chi connectivity index (χ2v) is 8.52. The van der Waals surface area contributed by atoms with Gasteiger partial charge in [-0.1, -0.05) is 11.6 Å². The molecule has 0 unspecified atom stereocenters. The smallest absolute Gasteiger partial charge is 0.103 e. The second kappa shape index (κ2) is 6.33. The fraction of sp³-hybridized carbons (Fsp3) is 0.500. The summed E-state index contributed by atoms with van der Waals surface area (Å²) in [5.74, 6) is 0.486. The molecule has 0 N–H and O–H groups in total. The van der Waals surface area contributed by atoms with E-state index in [-0.39, 0.29) is 5.54 Å². The topological polar surface area (TPSA) is 48.1 Å². The molecule has 3 aromatic rings. The lowest BCUT2D eigenvalue weighted by Crippen LogP contribution is -2.61. The summed E-state index contributed by atoms with van der Waals surface area (Å²) in [5.41, 5.74) is 3.53. The predicted octanol–water partition coefficient (Wildman–Crippen LogP) is 3.38. The summed E-state index contributed by atoms with van der Waals surface area (Å²) in [4.78, 5) is 2.58. The minimum Gasteiger partial charge on any atom is -0.377 e. The molecular formula is C20H24ClN5O.